The molecule has 2 aromatic carbocycles. The summed E-state index contributed by atoms with van der Waals surface area (Å²) in [6, 6.07) is 17.3. The summed E-state index contributed by atoms with van der Waals surface area (Å²) in [4.78, 5) is 28.6. The topological polar surface area (TPSA) is 76.1 Å². The van der Waals surface area contributed by atoms with E-state index in [1.807, 2.05) is 48.7 Å². The second-order valence-electron chi connectivity index (χ2n) is 7.63. The molecule has 1 aromatic heterocycles. The van der Waals surface area contributed by atoms with Gasteiger partial charge in [0.25, 0.3) is 11.7 Å². The number of likely N-dealkylation sites (tertiary alicyclic amines) is 1. The molecule has 1 unspecified atom stereocenters. The summed E-state index contributed by atoms with van der Waals surface area (Å²) in [7, 11) is 1.57. The Kier molecular flexibility index (Phi) is 6.79. The number of nitrogens with zero attached hydrogens (tertiary/aromatic N) is 1. The summed E-state index contributed by atoms with van der Waals surface area (Å²) in [6.45, 7) is 2.73. The number of amides is 1. The lowest BCUT2D eigenvalue weighted by molar-refractivity contribution is -0.140. The van der Waals surface area contributed by atoms with Gasteiger partial charge in [-0.3, -0.25) is 9.59 Å². The molecule has 6 nitrogen and oxygen atoms in total. The average molecular weight is 464 g/mol. The van der Waals surface area contributed by atoms with Crippen LogP contribution < -0.4 is 9.47 Å². The highest BCUT2D eigenvalue weighted by Gasteiger charge is 2.46. The van der Waals surface area contributed by atoms with Crippen molar-refractivity contribution >= 4 is 28.8 Å². The van der Waals surface area contributed by atoms with E-state index in [9.17, 15) is 14.7 Å². The van der Waals surface area contributed by atoms with Gasteiger partial charge in [-0.05, 0) is 36.1 Å². The molecule has 0 spiro atoms. The number of aliphatic hydroxyl groups is 1. The molecule has 7 heteroatoms. The monoisotopic (exact) mass is 463 g/mol. The Morgan fingerprint density at radius 1 is 1.09 bits per heavy atom. The summed E-state index contributed by atoms with van der Waals surface area (Å²) in [5, 5.41) is 13.1. The fraction of sp³-hybridized carbons (Fsp3) is 0.231. The van der Waals surface area contributed by atoms with Crippen molar-refractivity contribution in [3.05, 3.63) is 87.6 Å². The van der Waals surface area contributed by atoms with Crippen molar-refractivity contribution < 1.29 is 24.2 Å². The zero-order valence-corrected chi connectivity index (χ0v) is 19.3. The molecule has 170 valence electrons. The lowest BCUT2D eigenvalue weighted by Gasteiger charge is -2.25. The summed E-state index contributed by atoms with van der Waals surface area (Å²) >= 11 is 1.43. The molecular weight excluding hydrogens is 438 g/mol. The van der Waals surface area contributed by atoms with Gasteiger partial charge in [0.2, 0.25) is 0 Å². The highest BCUT2D eigenvalue weighted by molar-refractivity contribution is 7.10. The van der Waals surface area contributed by atoms with Gasteiger partial charge in [-0.15, -0.1) is 11.3 Å². The Balaban J connectivity index is 1.79. The van der Waals surface area contributed by atoms with E-state index in [1.165, 1.54) is 16.2 Å². The summed E-state index contributed by atoms with van der Waals surface area (Å²) in [5.74, 6) is -0.349. The van der Waals surface area contributed by atoms with Gasteiger partial charge in [0.05, 0.1) is 31.9 Å². The number of methoxy groups -OCH3 is 1. The fourth-order valence-electron chi connectivity index (χ4n) is 3.91. The number of carbonyl (C=O) groups excluding carboxylic acids is 2. The number of thiophene rings is 1. The van der Waals surface area contributed by atoms with Crippen molar-refractivity contribution in [3.8, 4) is 11.5 Å². The van der Waals surface area contributed by atoms with Crippen molar-refractivity contribution in [3.63, 3.8) is 0 Å². The summed E-state index contributed by atoms with van der Waals surface area (Å²) in [5.41, 5.74) is 1.28. The van der Waals surface area contributed by atoms with Crippen LogP contribution >= 0.6 is 11.3 Å². The van der Waals surface area contributed by atoms with Crippen LogP contribution in [0.5, 0.6) is 11.5 Å². The molecule has 4 rings (SSSR count). The van der Waals surface area contributed by atoms with Crippen LogP contribution in [-0.4, -0.2) is 35.4 Å². The first-order valence-electron chi connectivity index (χ1n) is 10.7. The van der Waals surface area contributed by atoms with Crippen molar-refractivity contribution in [2.75, 3.05) is 13.7 Å². The predicted octanol–water partition coefficient (Wildman–Crippen LogP) is 5.17. The minimum absolute atomic E-state index is 0.0741. The van der Waals surface area contributed by atoms with Crippen LogP contribution in [0.1, 0.15) is 35.4 Å². The smallest absolute Gasteiger partial charge is 0.295 e. The van der Waals surface area contributed by atoms with Gasteiger partial charge in [-0.25, -0.2) is 0 Å². The van der Waals surface area contributed by atoms with Crippen molar-refractivity contribution in [1.29, 1.82) is 0 Å². The number of aliphatic hydroxyl groups excluding tert-OH is 1. The zero-order valence-electron chi connectivity index (χ0n) is 18.5. The molecule has 1 N–H and O–H groups in total. The van der Waals surface area contributed by atoms with E-state index in [0.717, 1.165) is 16.9 Å². The minimum atomic E-state index is -0.708. The summed E-state index contributed by atoms with van der Waals surface area (Å²) < 4.78 is 11.1. The third kappa shape index (κ3) is 4.50. The molecule has 1 amide bonds. The van der Waals surface area contributed by atoms with E-state index >= 15 is 0 Å². The lowest BCUT2D eigenvalue weighted by Crippen LogP contribution is -2.29. The van der Waals surface area contributed by atoms with Crippen molar-refractivity contribution in [1.82, 2.24) is 4.90 Å². The normalized spacial score (nSPS) is 17.4. The van der Waals surface area contributed by atoms with Gasteiger partial charge in [0, 0.05) is 16.0 Å². The zero-order chi connectivity index (χ0) is 23.4. The molecule has 1 atom stereocenters. The number of ether oxygens (including phenoxy) is 2. The van der Waals surface area contributed by atoms with Gasteiger partial charge < -0.3 is 19.5 Å². The largest absolute Gasteiger partial charge is 0.507 e. The highest BCUT2D eigenvalue weighted by Crippen LogP contribution is 2.42. The summed E-state index contributed by atoms with van der Waals surface area (Å²) in [6.07, 6.45) is 0.850. The third-order valence-corrected chi connectivity index (χ3v) is 6.39. The second-order valence-corrected chi connectivity index (χ2v) is 8.61. The van der Waals surface area contributed by atoms with Crippen LogP contribution in [0.4, 0.5) is 0 Å². The van der Waals surface area contributed by atoms with Gasteiger partial charge in [0.15, 0.2) is 0 Å². The van der Waals surface area contributed by atoms with Crippen LogP contribution in [0.15, 0.2) is 71.6 Å². The van der Waals surface area contributed by atoms with Gasteiger partial charge >= 0.3 is 0 Å². The molecule has 0 aliphatic carbocycles. The number of ketones is 1. The maximum atomic E-state index is 13.2. The molecule has 33 heavy (non-hydrogen) atoms. The highest BCUT2D eigenvalue weighted by atomic mass is 32.1. The molecule has 1 aliphatic rings. The Morgan fingerprint density at radius 3 is 2.64 bits per heavy atom. The molecule has 3 aromatic rings. The first-order valence-corrected chi connectivity index (χ1v) is 11.6. The molecule has 0 saturated carbocycles. The average Bonchev–Trinajstić information content (AvgIpc) is 3.45. The number of hydrogen-bond acceptors (Lipinski definition) is 6. The second kappa shape index (κ2) is 9.92. The molecule has 1 aliphatic heterocycles. The van der Waals surface area contributed by atoms with E-state index < -0.39 is 17.7 Å². The number of benzene rings is 2. The SMILES string of the molecule is CCCOc1cccc(/C(O)=C2/C(=O)C(=O)N(Cc3ccccc3OC)C2c2cccs2)c1. The Bertz CT molecular complexity index is 1180. The van der Waals surface area contributed by atoms with Crippen LogP contribution in [0.2, 0.25) is 0 Å². The number of rotatable bonds is 8. The van der Waals surface area contributed by atoms with Crippen molar-refractivity contribution in [2.45, 2.75) is 25.9 Å². The molecule has 0 bridgehead atoms. The quantitative estimate of drug-likeness (QED) is 0.283. The Hall–Kier alpha value is -3.58. The van der Waals surface area contributed by atoms with Crippen LogP contribution in [0.3, 0.4) is 0 Å². The Morgan fingerprint density at radius 2 is 1.91 bits per heavy atom. The molecule has 2 heterocycles. The van der Waals surface area contributed by atoms with E-state index in [1.54, 1.807) is 31.4 Å². The number of para-hydroxylation sites is 1. The maximum absolute atomic E-state index is 13.2. The molecule has 0 radical (unpaired) electrons. The third-order valence-electron chi connectivity index (χ3n) is 5.47. The Labute approximate surface area is 196 Å². The first-order chi connectivity index (χ1) is 16.0. The number of carbonyl (C=O) groups is 2. The van der Waals surface area contributed by atoms with Crippen LogP contribution in [0, 0.1) is 0 Å². The fourth-order valence-corrected chi connectivity index (χ4v) is 4.76. The van der Waals surface area contributed by atoms with Gasteiger partial charge in [0.1, 0.15) is 17.3 Å². The molecule has 1 fully saturated rings. The van der Waals surface area contributed by atoms with Crippen molar-refractivity contribution in [2.24, 2.45) is 0 Å². The van der Waals surface area contributed by atoms with E-state index in [4.69, 9.17) is 9.47 Å². The van der Waals surface area contributed by atoms with Crippen LogP contribution in [-0.2, 0) is 16.1 Å². The standard InChI is InChI=1S/C26H25NO5S/c1-3-13-32-19-10-6-9-17(15-19)24(28)22-23(21-12-7-14-33-21)27(26(30)25(22)29)16-18-8-4-5-11-20(18)31-2/h4-12,14-15,23,28H,3,13,16H2,1-2H3/b24-22-. The first kappa shape index (κ1) is 22.6. The number of Topliss-reactive ketones (excluding diaryl/α,β-unsaturated/α-hetero) is 1. The van der Waals surface area contributed by atoms with E-state index in [-0.39, 0.29) is 17.9 Å². The lowest BCUT2D eigenvalue weighted by atomic mass is 9.99. The van der Waals surface area contributed by atoms with Crippen LogP contribution in [0.25, 0.3) is 5.76 Å². The molecular formula is C26H25NO5S. The van der Waals surface area contributed by atoms with Gasteiger partial charge in [-0.2, -0.15) is 0 Å². The minimum Gasteiger partial charge on any atom is -0.507 e. The van der Waals surface area contributed by atoms with E-state index in [2.05, 4.69) is 0 Å². The molecule has 1 saturated heterocycles. The number of hydrogen-bond donors (Lipinski definition) is 1. The van der Waals surface area contributed by atoms with Gasteiger partial charge in [-0.1, -0.05) is 43.3 Å². The van der Waals surface area contributed by atoms with E-state index in [0.29, 0.717) is 23.7 Å². The predicted molar refractivity (Wildman–Crippen MR) is 127 cm³/mol. The maximum Gasteiger partial charge on any atom is 0.295 e.